The standard InChI is InChI=1S/C11H16ClN3O/c1-7(2)5-13-9-6-14-15(8(3)4)11(16)10(9)12/h6,8,13H,1,5H2,2-4H3. The Morgan fingerprint density at radius 2 is 2.31 bits per heavy atom. The van der Waals surface area contributed by atoms with Crippen LogP contribution in [0, 0.1) is 0 Å². The van der Waals surface area contributed by atoms with Gasteiger partial charge in [-0.05, 0) is 20.8 Å². The van der Waals surface area contributed by atoms with Crippen molar-refractivity contribution in [2.24, 2.45) is 0 Å². The predicted molar refractivity (Wildman–Crippen MR) is 67.2 cm³/mol. The maximum absolute atomic E-state index is 11.8. The first-order valence-corrected chi connectivity index (χ1v) is 5.47. The van der Waals surface area contributed by atoms with E-state index in [0.29, 0.717) is 12.2 Å². The lowest BCUT2D eigenvalue weighted by Gasteiger charge is -2.12. The van der Waals surface area contributed by atoms with Gasteiger partial charge >= 0.3 is 0 Å². The first-order chi connectivity index (χ1) is 7.43. The number of hydrogen-bond acceptors (Lipinski definition) is 3. The lowest BCUT2D eigenvalue weighted by Crippen LogP contribution is -2.25. The van der Waals surface area contributed by atoms with Gasteiger partial charge < -0.3 is 5.32 Å². The molecule has 0 aliphatic carbocycles. The molecule has 0 unspecified atom stereocenters. The van der Waals surface area contributed by atoms with Gasteiger partial charge in [-0.1, -0.05) is 23.8 Å². The minimum Gasteiger partial charge on any atom is -0.379 e. The number of nitrogens with zero attached hydrogens (tertiary/aromatic N) is 2. The summed E-state index contributed by atoms with van der Waals surface area (Å²) in [5.74, 6) is 0. The number of hydrogen-bond donors (Lipinski definition) is 1. The van der Waals surface area contributed by atoms with Gasteiger partial charge in [-0.25, -0.2) is 4.68 Å². The van der Waals surface area contributed by atoms with Gasteiger partial charge in [0.25, 0.3) is 5.56 Å². The Morgan fingerprint density at radius 1 is 1.69 bits per heavy atom. The molecule has 0 saturated heterocycles. The second-order valence-corrected chi connectivity index (χ2v) is 4.40. The second kappa shape index (κ2) is 5.16. The summed E-state index contributed by atoms with van der Waals surface area (Å²) in [4.78, 5) is 11.8. The molecule has 0 aliphatic rings. The van der Waals surface area contributed by atoms with Crippen molar-refractivity contribution in [3.05, 3.63) is 33.7 Å². The summed E-state index contributed by atoms with van der Waals surface area (Å²) in [6.45, 7) is 9.99. The van der Waals surface area contributed by atoms with Gasteiger partial charge in [0.05, 0.1) is 17.9 Å². The minimum atomic E-state index is -0.275. The average Bonchev–Trinajstić information content (AvgIpc) is 2.19. The number of halogens is 1. The fourth-order valence-corrected chi connectivity index (χ4v) is 1.38. The van der Waals surface area contributed by atoms with E-state index in [4.69, 9.17) is 11.6 Å². The molecule has 1 heterocycles. The zero-order chi connectivity index (χ0) is 12.3. The molecule has 1 rings (SSSR count). The highest BCUT2D eigenvalue weighted by Gasteiger charge is 2.10. The Morgan fingerprint density at radius 3 is 2.81 bits per heavy atom. The normalized spacial score (nSPS) is 10.6. The van der Waals surface area contributed by atoms with Gasteiger partial charge in [0.15, 0.2) is 0 Å². The van der Waals surface area contributed by atoms with E-state index in [2.05, 4.69) is 17.0 Å². The van der Waals surface area contributed by atoms with Crippen molar-refractivity contribution in [3.8, 4) is 0 Å². The van der Waals surface area contributed by atoms with Crippen LogP contribution in [-0.4, -0.2) is 16.3 Å². The summed E-state index contributed by atoms with van der Waals surface area (Å²) in [6, 6.07) is 0.000176. The first kappa shape index (κ1) is 12.8. The molecule has 88 valence electrons. The monoisotopic (exact) mass is 241 g/mol. The van der Waals surface area contributed by atoms with Gasteiger partial charge in [0, 0.05) is 6.54 Å². The molecule has 0 fully saturated rings. The summed E-state index contributed by atoms with van der Waals surface area (Å²) >= 11 is 5.96. The van der Waals surface area contributed by atoms with E-state index in [1.54, 1.807) is 6.20 Å². The van der Waals surface area contributed by atoms with E-state index in [1.165, 1.54) is 4.68 Å². The van der Waals surface area contributed by atoms with Gasteiger partial charge in [-0.15, -0.1) is 0 Å². The maximum atomic E-state index is 11.8. The lowest BCUT2D eigenvalue weighted by molar-refractivity contribution is 0.503. The smallest absolute Gasteiger partial charge is 0.287 e. The fraction of sp³-hybridized carbons (Fsp3) is 0.455. The van der Waals surface area contributed by atoms with Crippen molar-refractivity contribution in [2.45, 2.75) is 26.8 Å². The Hall–Kier alpha value is -1.29. The molecule has 0 aliphatic heterocycles. The first-order valence-electron chi connectivity index (χ1n) is 5.09. The Labute approximate surface area is 99.9 Å². The van der Waals surface area contributed by atoms with E-state index >= 15 is 0 Å². The highest BCUT2D eigenvalue weighted by atomic mass is 35.5. The molecule has 0 bridgehead atoms. The largest absolute Gasteiger partial charge is 0.379 e. The van der Waals surface area contributed by atoms with Gasteiger partial charge in [0.1, 0.15) is 5.02 Å². The third-order valence-electron chi connectivity index (χ3n) is 2.01. The summed E-state index contributed by atoms with van der Waals surface area (Å²) in [7, 11) is 0. The molecular weight excluding hydrogens is 226 g/mol. The quantitative estimate of drug-likeness (QED) is 0.824. The Balaban J connectivity index is 3.03. The summed E-state index contributed by atoms with van der Waals surface area (Å²) in [5, 5.41) is 7.23. The van der Waals surface area contributed by atoms with E-state index in [-0.39, 0.29) is 16.6 Å². The molecule has 4 nitrogen and oxygen atoms in total. The second-order valence-electron chi connectivity index (χ2n) is 4.03. The van der Waals surface area contributed by atoms with Crippen LogP contribution in [0.4, 0.5) is 5.69 Å². The van der Waals surface area contributed by atoms with Crippen LogP contribution in [-0.2, 0) is 0 Å². The molecule has 5 heteroatoms. The fourth-order valence-electron chi connectivity index (χ4n) is 1.18. The van der Waals surface area contributed by atoms with E-state index < -0.39 is 0 Å². The number of nitrogens with one attached hydrogen (secondary N) is 1. The predicted octanol–water partition coefficient (Wildman–Crippen LogP) is 2.47. The van der Waals surface area contributed by atoms with Crippen molar-refractivity contribution in [1.29, 1.82) is 0 Å². The van der Waals surface area contributed by atoms with E-state index in [1.807, 2.05) is 20.8 Å². The Kier molecular flexibility index (Phi) is 4.12. The molecule has 0 aromatic carbocycles. The lowest BCUT2D eigenvalue weighted by atomic mass is 10.3. The third kappa shape index (κ3) is 2.85. The third-order valence-corrected chi connectivity index (χ3v) is 2.38. The van der Waals surface area contributed by atoms with Crippen LogP contribution in [0.15, 0.2) is 23.1 Å². The van der Waals surface area contributed by atoms with Crippen LogP contribution in [0.5, 0.6) is 0 Å². The molecule has 0 amide bonds. The van der Waals surface area contributed by atoms with E-state index in [0.717, 1.165) is 5.57 Å². The van der Waals surface area contributed by atoms with Crippen LogP contribution in [0.25, 0.3) is 0 Å². The molecule has 0 atom stereocenters. The molecule has 0 radical (unpaired) electrons. The van der Waals surface area contributed by atoms with Crippen LogP contribution in [0.1, 0.15) is 26.8 Å². The highest BCUT2D eigenvalue weighted by molar-refractivity contribution is 6.32. The van der Waals surface area contributed by atoms with Gasteiger partial charge in [0.2, 0.25) is 0 Å². The zero-order valence-corrected chi connectivity index (χ0v) is 10.5. The van der Waals surface area contributed by atoms with E-state index in [9.17, 15) is 4.79 Å². The summed E-state index contributed by atoms with van der Waals surface area (Å²) < 4.78 is 1.36. The molecule has 1 aromatic rings. The van der Waals surface area contributed by atoms with Crippen molar-refractivity contribution < 1.29 is 0 Å². The van der Waals surface area contributed by atoms with Crippen LogP contribution >= 0.6 is 11.6 Å². The van der Waals surface area contributed by atoms with Crippen LogP contribution in [0.3, 0.4) is 0 Å². The van der Waals surface area contributed by atoms with Crippen molar-refractivity contribution >= 4 is 17.3 Å². The molecule has 0 saturated carbocycles. The Bertz CT molecular complexity index is 451. The topological polar surface area (TPSA) is 46.9 Å². The summed E-state index contributed by atoms with van der Waals surface area (Å²) in [5.41, 5.74) is 1.24. The number of rotatable bonds is 4. The number of aromatic nitrogens is 2. The molecule has 0 spiro atoms. The minimum absolute atomic E-state index is 0.000176. The zero-order valence-electron chi connectivity index (χ0n) is 9.75. The molecule has 1 N–H and O–H groups in total. The SMILES string of the molecule is C=C(C)CNc1cnn(C(C)C)c(=O)c1Cl. The van der Waals surface area contributed by atoms with Crippen molar-refractivity contribution in [1.82, 2.24) is 9.78 Å². The number of anilines is 1. The van der Waals surface area contributed by atoms with Crippen molar-refractivity contribution in [3.63, 3.8) is 0 Å². The molecule has 1 aromatic heterocycles. The highest BCUT2D eigenvalue weighted by Crippen LogP contribution is 2.16. The van der Waals surface area contributed by atoms with Crippen molar-refractivity contribution in [2.75, 3.05) is 11.9 Å². The maximum Gasteiger partial charge on any atom is 0.287 e. The van der Waals surface area contributed by atoms with Gasteiger partial charge in [-0.3, -0.25) is 4.79 Å². The average molecular weight is 242 g/mol. The molecule has 16 heavy (non-hydrogen) atoms. The van der Waals surface area contributed by atoms with Gasteiger partial charge in [-0.2, -0.15) is 5.10 Å². The van der Waals surface area contributed by atoms with Crippen LogP contribution in [0.2, 0.25) is 5.02 Å². The van der Waals surface area contributed by atoms with Crippen LogP contribution < -0.4 is 10.9 Å². The summed E-state index contributed by atoms with van der Waals surface area (Å²) in [6.07, 6.45) is 1.56. The molecular formula is C11H16ClN3O.